The average molecular weight is 316 g/mol. The molecule has 0 saturated carbocycles. The topological polar surface area (TPSA) is 91.0 Å². The highest BCUT2D eigenvalue weighted by molar-refractivity contribution is 5.70. The third-order valence-electron chi connectivity index (χ3n) is 3.45. The number of benzene rings is 1. The molecule has 118 valence electrons. The molecule has 0 radical (unpaired) electrons. The second kappa shape index (κ2) is 5.56. The molecule has 2 heterocycles. The minimum atomic E-state index is -1.07. The second-order valence-corrected chi connectivity index (χ2v) is 5.06. The van der Waals surface area contributed by atoms with Crippen molar-refractivity contribution in [1.82, 2.24) is 19.5 Å². The zero-order chi connectivity index (χ0) is 16.6. The standard InChI is InChI=1S/C15H13FN4O3/c1-19(15(22)23)8-14-18-17-13-5-2-9(7-20(13)14)11-4-3-10(16)6-12(11)21/h2-7,21H,8H2,1H3,(H,22,23). The van der Waals surface area contributed by atoms with Crippen molar-refractivity contribution in [1.29, 1.82) is 0 Å². The van der Waals surface area contributed by atoms with Crippen LogP contribution in [0.4, 0.5) is 9.18 Å². The summed E-state index contributed by atoms with van der Waals surface area (Å²) >= 11 is 0. The van der Waals surface area contributed by atoms with Gasteiger partial charge in [0.1, 0.15) is 11.6 Å². The fourth-order valence-electron chi connectivity index (χ4n) is 2.23. The van der Waals surface area contributed by atoms with E-state index in [0.29, 0.717) is 22.6 Å². The van der Waals surface area contributed by atoms with Crippen molar-refractivity contribution in [2.45, 2.75) is 6.54 Å². The average Bonchev–Trinajstić information content (AvgIpc) is 2.89. The van der Waals surface area contributed by atoms with Gasteiger partial charge in [-0.2, -0.15) is 0 Å². The summed E-state index contributed by atoms with van der Waals surface area (Å²) < 4.78 is 14.7. The van der Waals surface area contributed by atoms with E-state index in [4.69, 9.17) is 5.11 Å². The number of aromatic nitrogens is 3. The molecule has 1 amide bonds. The van der Waals surface area contributed by atoms with E-state index < -0.39 is 11.9 Å². The van der Waals surface area contributed by atoms with Gasteiger partial charge in [0.05, 0.1) is 6.54 Å². The molecule has 3 rings (SSSR count). The van der Waals surface area contributed by atoms with Gasteiger partial charge in [-0.15, -0.1) is 10.2 Å². The van der Waals surface area contributed by atoms with E-state index in [2.05, 4.69) is 10.2 Å². The van der Waals surface area contributed by atoms with Gasteiger partial charge in [-0.3, -0.25) is 4.40 Å². The first-order chi connectivity index (χ1) is 11.0. The molecule has 0 aliphatic rings. The molecule has 7 nitrogen and oxygen atoms in total. The van der Waals surface area contributed by atoms with Gasteiger partial charge in [0.2, 0.25) is 0 Å². The van der Waals surface area contributed by atoms with Crippen LogP contribution in [0.5, 0.6) is 5.75 Å². The van der Waals surface area contributed by atoms with Crippen LogP contribution in [0, 0.1) is 5.82 Å². The number of aromatic hydroxyl groups is 1. The van der Waals surface area contributed by atoms with E-state index in [0.717, 1.165) is 11.0 Å². The van der Waals surface area contributed by atoms with Crippen LogP contribution in [0.3, 0.4) is 0 Å². The minimum Gasteiger partial charge on any atom is -0.507 e. The molecule has 0 bridgehead atoms. The van der Waals surface area contributed by atoms with Gasteiger partial charge in [0, 0.05) is 30.4 Å². The third kappa shape index (κ3) is 2.78. The van der Waals surface area contributed by atoms with Crippen molar-refractivity contribution in [2.75, 3.05) is 7.05 Å². The number of carboxylic acid groups (broad SMARTS) is 1. The molecule has 2 N–H and O–H groups in total. The Labute approximate surface area is 130 Å². The SMILES string of the molecule is CN(Cc1nnc2ccc(-c3ccc(F)cc3O)cn12)C(=O)O. The summed E-state index contributed by atoms with van der Waals surface area (Å²) in [5, 5.41) is 26.8. The number of hydrogen-bond acceptors (Lipinski definition) is 4. The summed E-state index contributed by atoms with van der Waals surface area (Å²) in [6.07, 6.45) is 0.599. The number of amides is 1. The van der Waals surface area contributed by atoms with E-state index >= 15 is 0 Å². The Balaban J connectivity index is 2.05. The molecule has 0 unspecified atom stereocenters. The van der Waals surface area contributed by atoms with Crippen LogP contribution in [0.15, 0.2) is 36.5 Å². The number of halogens is 1. The lowest BCUT2D eigenvalue weighted by Crippen LogP contribution is -2.25. The molecule has 0 fully saturated rings. The molecular weight excluding hydrogens is 303 g/mol. The second-order valence-electron chi connectivity index (χ2n) is 5.06. The molecule has 0 spiro atoms. The van der Waals surface area contributed by atoms with Gasteiger partial charge >= 0.3 is 6.09 Å². The summed E-state index contributed by atoms with van der Waals surface area (Å²) in [4.78, 5) is 12.0. The van der Waals surface area contributed by atoms with E-state index in [1.807, 2.05) is 0 Å². The highest BCUT2D eigenvalue weighted by Crippen LogP contribution is 2.29. The first-order valence-electron chi connectivity index (χ1n) is 6.72. The number of phenols is 1. The number of hydrogen-bond donors (Lipinski definition) is 2. The predicted molar refractivity (Wildman–Crippen MR) is 79.5 cm³/mol. The van der Waals surface area contributed by atoms with Gasteiger partial charge in [0.15, 0.2) is 11.5 Å². The molecule has 23 heavy (non-hydrogen) atoms. The van der Waals surface area contributed by atoms with E-state index in [1.165, 1.54) is 19.2 Å². The minimum absolute atomic E-state index is 0.0648. The maximum atomic E-state index is 13.1. The monoisotopic (exact) mass is 316 g/mol. The highest BCUT2D eigenvalue weighted by Gasteiger charge is 2.13. The van der Waals surface area contributed by atoms with Crippen molar-refractivity contribution in [3.8, 4) is 16.9 Å². The van der Waals surface area contributed by atoms with Crippen molar-refractivity contribution >= 4 is 11.7 Å². The largest absolute Gasteiger partial charge is 0.507 e. The fraction of sp³-hybridized carbons (Fsp3) is 0.133. The van der Waals surface area contributed by atoms with Gasteiger partial charge in [-0.05, 0) is 24.3 Å². The number of carbonyl (C=O) groups is 1. The van der Waals surface area contributed by atoms with E-state index in [-0.39, 0.29) is 12.3 Å². The molecule has 8 heteroatoms. The van der Waals surface area contributed by atoms with Crippen molar-refractivity contribution < 1.29 is 19.4 Å². The van der Waals surface area contributed by atoms with Crippen LogP contribution in [-0.2, 0) is 6.54 Å². The van der Waals surface area contributed by atoms with Gasteiger partial charge in [0.25, 0.3) is 0 Å². The number of rotatable bonds is 3. The zero-order valence-corrected chi connectivity index (χ0v) is 12.1. The third-order valence-corrected chi connectivity index (χ3v) is 3.45. The lowest BCUT2D eigenvalue weighted by Gasteiger charge is -2.11. The summed E-state index contributed by atoms with van der Waals surface area (Å²) in [5.74, 6) is -0.268. The normalized spacial score (nSPS) is 10.9. The summed E-state index contributed by atoms with van der Waals surface area (Å²) in [7, 11) is 1.43. The van der Waals surface area contributed by atoms with Gasteiger partial charge < -0.3 is 15.1 Å². The van der Waals surface area contributed by atoms with E-state index in [9.17, 15) is 14.3 Å². The summed E-state index contributed by atoms with van der Waals surface area (Å²) in [5.41, 5.74) is 1.64. The molecule has 0 aliphatic heterocycles. The highest BCUT2D eigenvalue weighted by atomic mass is 19.1. The predicted octanol–water partition coefficient (Wildman–Crippen LogP) is 2.35. The molecule has 0 saturated heterocycles. The Morgan fingerprint density at radius 1 is 1.30 bits per heavy atom. The molecule has 1 aromatic carbocycles. The summed E-state index contributed by atoms with van der Waals surface area (Å²) in [6.45, 7) is 0.0648. The lowest BCUT2D eigenvalue weighted by molar-refractivity contribution is 0.152. The number of nitrogens with zero attached hydrogens (tertiary/aromatic N) is 4. The van der Waals surface area contributed by atoms with Crippen molar-refractivity contribution in [3.63, 3.8) is 0 Å². The van der Waals surface area contributed by atoms with Crippen LogP contribution in [0.1, 0.15) is 5.82 Å². The van der Waals surface area contributed by atoms with Crippen LogP contribution in [0.2, 0.25) is 0 Å². The van der Waals surface area contributed by atoms with Crippen molar-refractivity contribution in [3.05, 3.63) is 48.2 Å². The molecule has 2 aromatic heterocycles. The van der Waals surface area contributed by atoms with Crippen LogP contribution < -0.4 is 0 Å². The molecule has 3 aromatic rings. The first kappa shape index (κ1) is 14.8. The Morgan fingerprint density at radius 3 is 2.78 bits per heavy atom. The van der Waals surface area contributed by atoms with Crippen LogP contribution in [-0.4, -0.2) is 42.9 Å². The number of phenolic OH excluding ortho intramolecular Hbond substituents is 1. The molecule has 0 atom stereocenters. The first-order valence-corrected chi connectivity index (χ1v) is 6.72. The lowest BCUT2D eigenvalue weighted by atomic mass is 10.1. The summed E-state index contributed by atoms with van der Waals surface area (Å²) in [6, 6.07) is 7.17. The quantitative estimate of drug-likeness (QED) is 0.774. The fourth-order valence-corrected chi connectivity index (χ4v) is 2.23. The zero-order valence-electron chi connectivity index (χ0n) is 12.1. The van der Waals surface area contributed by atoms with Gasteiger partial charge in [-0.25, -0.2) is 9.18 Å². The Bertz CT molecular complexity index is 894. The Kier molecular flexibility index (Phi) is 3.57. The van der Waals surface area contributed by atoms with Crippen LogP contribution >= 0.6 is 0 Å². The maximum absolute atomic E-state index is 13.1. The van der Waals surface area contributed by atoms with E-state index in [1.54, 1.807) is 22.7 Å². The Hall–Kier alpha value is -3.16. The maximum Gasteiger partial charge on any atom is 0.407 e. The Morgan fingerprint density at radius 2 is 2.09 bits per heavy atom. The van der Waals surface area contributed by atoms with Crippen molar-refractivity contribution in [2.24, 2.45) is 0 Å². The number of pyridine rings is 1. The smallest absolute Gasteiger partial charge is 0.407 e. The van der Waals surface area contributed by atoms with Crippen LogP contribution in [0.25, 0.3) is 16.8 Å². The van der Waals surface area contributed by atoms with Gasteiger partial charge in [-0.1, -0.05) is 0 Å². The molecule has 0 aliphatic carbocycles. The molecular formula is C15H13FN4O3. The number of fused-ring (bicyclic) bond motifs is 1.